The molecule has 24 heavy (non-hydrogen) atoms. The summed E-state index contributed by atoms with van der Waals surface area (Å²) in [6.45, 7) is 0.853. The first-order valence-corrected chi connectivity index (χ1v) is 6.57. The van der Waals surface area contributed by atoms with Gasteiger partial charge < -0.3 is 4.74 Å². The van der Waals surface area contributed by atoms with E-state index in [-0.39, 0.29) is 4.90 Å². The summed E-state index contributed by atoms with van der Waals surface area (Å²) in [6.07, 6.45) is -8.47. The average Bonchev–Trinajstić information content (AvgIpc) is 2.38. The molecule has 0 aliphatic carbocycles. The second-order valence-corrected chi connectivity index (χ2v) is 5.20. The summed E-state index contributed by atoms with van der Waals surface area (Å²) in [5, 5.41) is 10.2. The number of hydrogen-bond donors (Lipinski definition) is 0. The van der Waals surface area contributed by atoms with E-state index in [1.807, 2.05) is 0 Å². The molecule has 1 heterocycles. The van der Waals surface area contributed by atoms with Gasteiger partial charge in [-0.3, -0.25) is 14.9 Å². The smallest absolute Gasteiger partial charge is 0.421 e. The molecular formula is C12H7ClF4N2O5. The Bertz CT molecular complexity index is 739. The van der Waals surface area contributed by atoms with Crippen LogP contribution in [-0.4, -0.2) is 29.2 Å². The third-order valence-electron chi connectivity index (χ3n) is 3.23. The lowest BCUT2D eigenvalue weighted by Crippen LogP contribution is -2.56. The van der Waals surface area contributed by atoms with E-state index >= 15 is 0 Å². The molecule has 0 saturated carbocycles. The first kappa shape index (κ1) is 17.9. The number of cyclic esters (lactones) is 1. The van der Waals surface area contributed by atoms with E-state index in [9.17, 15) is 37.3 Å². The number of nitro groups is 1. The highest BCUT2D eigenvalue weighted by atomic mass is 35.5. The van der Waals surface area contributed by atoms with Crippen LogP contribution in [0.4, 0.5) is 33.7 Å². The highest BCUT2D eigenvalue weighted by molar-refractivity contribution is 6.33. The summed E-state index contributed by atoms with van der Waals surface area (Å²) in [5.74, 6) is -5.93. The van der Waals surface area contributed by atoms with E-state index in [0.717, 1.165) is 6.92 Å². The Balaban J connectivity index is 2.58. The van der Waals surface area contributed by atoms with Crippen LogP contribution in [0, 0.1) is 21.8 Å². The zero-order valence-electron chi connectivity index (χ0n) is 11.6. The first-order valence-electron chi connectivity index (χ1n) is 6.20. The minimum Gasteiger partial charge on any atom is -0.445 e. The average molecular weight is 371 g/mol. The fraction of sp³-hybridized carbons (Fsp3) is 0.333. The molecule has 2 atom stereocenters. The quantitative estimate of drug-likeness (QED) is 0.452. The molecule has 1 aromatic rings. The number of anilines is 1. The summed E-state index contributed by atoms with van der Waals surface area (Å²) in [7, 11) is 0. The van der Waals surface area contributed by atoms with Crippen LogP contribution in [0.15, 0.2) is 12.1 Å². The zero-order valence-corrected chi connectivity index (χ0v) is 12.4. The van der Waals surface area contributed by atoms with E-state index in [1.165, 1.54) is 0 Å². The molecule has 0 aromatic heterocycles. The molecule has 2 unspecified atom stereocenters. The van der Waals surface area contributed by atoms with Crippen LogP contribution in [-0.2, 0) is 9.53 Å². The Hall–Kier alpha value is -2.43. The van der Waals surface area contributed by atoms with Gasteiger partial charge in [0.25, 0.3) is 11.6 Å². The van der Waals surface area contributed by atoms with Gasteiger partial charge in [0.15, 0.2) is 5.92 Å². The van der Waals surface area contributed by atoms with Gasteiger partial charge in [-0.25, -0.2) is 14.1 Å². The fourth-order valence-corrected chi connectivity index (χ4v) is 2.39. The van der Waals surface area contributed by atoms with E-state index in [1.54, 1.807) is 0 Å². The maximum absolute atomic E-state index is 14.0. The maximum Gasteiger partial charge on any atom is 0.421 e. The van der Waals surface area contributed by atoms with E-state index in [0.29, 0.717) is 12.1 Å². The molecule has 12 heteroatoms. The number of amides is 2. The van der Waals surface area contributed by atoms with Gasteiger partial charge in [-0.15, -0.1) is 0 Å². The number of alkyl halides is 3. The van der Waals surface area contributed by atoms with Gasteiger partial charge in [0, 0.05) is 12.1 Å². The fourth-order valence-electron chi connectivity index (χ4n) is 2.17. The number of ether oxygens (including phenoxy) is 1. The van der Waals surface area contributed by atoms with Crippen LogP contribution in [0.3, 0.4) is 0 Å². The first-order chi connectivity index (χ1) is 10.9. The van der Waals surface area contributed by atoms with Gasteiger partial charge in [0.2, 0.25) is 0 Å². The van der Waals surface area contributed by atoms with E-state index in [4.69, 9.17) is 11.6 Å². The van der Waals surface area contributed by atoms with Crippen LogP contribution in [0.2, 0.25) is 5.02 Å². The van der Waals surface area contributed by atoms with Crippen LogP contribution in [0.5, 0.6) is 0 Å². The molecule has 1 aromatic carbocycles. The second-order valence-electron chi connectivity index (χ2n) is 4.79. The van der Waals surface area contributed by atoms with E-state index in [2.05, 4.69) is 4.74 Å². The molecule has 0 bridgehead atoms. The summed E-state index contributed by atoms with van der Waals surface area (Å²) in [6, 6.07) is 0.802. The van der Waals surface area contributed by atoms with Gasteiger partial charge in [-0.05, 0) is 6.92 Å². The number of imide groups is 1. The van der Waals surface area contributed by atoms with Gasteiger partial charge in [0.1, 0.15) is 16.9 Å². The van der Waals surface area contributed by atoms with Crippen molar-refractivity contribution in [2.24, 2.45) is 5.92 Å². The summed E-state index contributed by atoms with van der Waals surface area (Å²) >= 11 is 5.45. The summed E-state index contributed by atoms with van der Waals surface area (Å²) in [5.41, 5.74) is -1.95. The number of benzene rings is 1. The standard InChI is InChI=1S/C12H7ClF4N2O5/c1-4-9(12(15,16)17)10(20)18(11(21)24-4)8-3-7(19(22)23)5(13)2-6(8)14/h2-4,9H,1H3. The Morgan fingerprint density at radius 3 is 2.42 bits per heavy atom. The molecule has 0 N–H and O–H groups in total. The zero-order chi connectivity index (χ0) is 18.4. The van der Waals surface area contributed by atoms with Crippen LogP contribution < -0.4 is 4.90 Å². The third-order valence-corrected chi connectivity index (χ3v) is 3.53. The summed E-state index contributed by atoms with van der Waals surface area (Å²) < 4.78 is 57.3. The Labute approximate surface area is 135 Å². The Morgan fingerprint density at radius 2 is 1.92 bits per heavy atom. The molecule has 130 valence electrons. The number of carbonyl (C=O) groups excluding carboxylic acids is 2. The number of hydrogen-bond acceptors (Lipinski definition) is 5. The maximum atomic E-state index is 14.0. The lowest BCUT2D eigenvalue weighted by molar-refractivity contribution is -0.384. The molecule has 1 fully saturated rings. The van der Waals surface area contributed by atoms with Crippen LogP contribution >= 0.6 is 11.6 Å². The number of nitro benzene ring substituents is 1. The lowest BCUT2D eigenvalue weighted by atomic mass is 9.99. The number of halogens is 5. The van der Waals surface area contributed by atoms with Crippen molar-refractivity contribution >= 4 is 35.0 Å². The molecule has 0 radical (unpaired) electrons. The minimum absolute atomic E-state index is 0.225. The molecular weight excluding hydrogens is 364 g/mol. The van der Waals surface area contributed by atoms with Crippen molar-refractivity contribution in [2.45, 2.75) is 19.2 Å². The number of carbonyl (C=O) groups is 2. The second kappa shape index (κ2) is 5.89. The topological polar surface area (TPSA) is 89.8 Å². The molecule has 1 saturated heterocycles. The van der Waals surface area contributed by atoms with Crippen LogP contribution in [0.25, 0.3) is 0 Å². The SMILES string of the molecule is CC1OC(=O)N(c2cc([N+](=O)[O-])c(Cl)cc2F)C(=O)C1C(F)(F)F. The largest absolute Gasteiger partial charge is 0.445 e. The molecule has 0 spiro atoms. The predicted octanol–water partition coefficient (Wildman–Crippen LogP) is 3.44. The number of rotatable bonds is 2. The molecule has 1 aliphatic heterocycles. The van der Waals surface area contributed by atoms with Crippen LogP contribution in [0.1, 0.15) is 6.92 Å². The van der Waals surface area contributed by atoms with Crippen molar-refractivity contribution in [1.29, 1.82) is 0 Å². The monoisotopic (exact) mass is 370 g/mol. The van der Waals surface area contributed by atoms with E-state index < -0.39 is 57.3 Å². The van der Waals surface area contributed by atoms with Gasteiger partial charge in [0.05, 0.1) is 10.6 Å². The minimum atomic E-state index is -5.07. The normalized spacial score (nSPS) is 21.7. The van der Waals surface area contributed by atoms with Crippen molar-refractivity contribution in [3.63, 3.8) is 0 Å². The molecule has 2 rings (SSSR count). The van der Waals surface area contributed by atoms with Crippen molar-refractivity contribution in [2.75, 3.05) is 4.90 Å². The van der Waals surface area contributed by atoms with Crippen molar-refractivity contribution < 1.29 is 36.8 Å². The predicted molar refractivity (Wildman–Crippen MR) is 71.0 cm³/mol. The highest BCUT2D eigenvalue weighted by Gasteiger charge is 2.56. The number of nitrogens with zero attached hydrogens (tertiary/aromatic N) is 2. The molecule has 7 nitrogen and oxygen atoms in total. The Kier molecular flexibility index (Phi) is 4.40. The molecule has 1 aliphatic rings. The summed E-state index contributed by atoms with van der Waals surface area (Å²) in [4.78, 5) is 33.3. The third kappa shape index (κ3) is 2.98. The molecule has 2 amide bonds. The lowest BCUT2D eigenvalue weighted by Gasteiger charge is -2.35. The van der Waals surface area contributed by atoms with Crippen molar-refractivity contribution in [3.05, 3.63) is 33.1 Å². The van der Waals surface area contributed by atoms with Gasteiger partial charge in [-0.2, -0.15) is 13.2 Å². The van der Waals surface area contributed by atoms with Gasteiger partial charge in [-0.1, -0.05) is 11.6 Å². The van der Waals surface area contributed by atoms with Gasteiger partial charge >= 0.3 is 12.3 Å². The Morgan fingerprint density at radius 1 is 1.33 bits per heavy atom. The van der Waals surface area contributed by atoms with Crippen molar-refractivity contribution in [3.8, 4) is 0 Å². The van der Waals surface area contributed by atoms with Crippen molar-refractivity contribution in [1.82, 2.24) is 0 Å². The highest BCUT2D eigenvalue weighted by Crippen LogP contribution is 2.39.